The Kier molecular flexibility index (Phi) is 1.79. The molecule has 1 aromatic rings. The summed E-state index contributed by atoms with van der Waals surface area (Å²) in [6.45, 7) is 2.68. The van der Waals surface area contributed by atoms with Gasteiger partial charge in [0.2, 0.25) is 0 Å². The molecule has 0 N–H and O–H groups in total. The molecule has 0 bridgehead atoms. The Morgan fingerprint density at radius 1 is 1.58 bits per heavy atom. The lowest BCUT2D eigenvalue weighted by atomic mass is 10.1. The smallest absolute Gasteiger partial charge is 0.130 e. The van der Waals surface area contributed by atoms with Gasteiger partial charge >= 0.3 is 0 Å². The quantitative estimate of drug-likeness (QED) is 0.519. The van der Waals surface area contributed by atoms with E-state index >= 15 is 0 Å². The van der Waals surface area contributed by atoms with Crippen LogP contribution in [0.1, 0.15) is 12.5 Å². The minimum absolute atomic E-state index is 0.228. The van der Waals surface area contributed by atoms with E-state index in [1.54, 1.807) is 12.3 Å². The van der Waals surface area contributed by atoms with Gasteiger partial charge in [-0.3, -0.25) is 0 Å². The highest BCUT2D eigenvalue weighted by molar-refractivity contribution is 6.34. The van der Waals surface area contributed by atoms with Gasteiger partial charge in [-0.25, -0.2) is 4.98 Å². The van der Waals surface area contributed by atoms with Crippen molar-refractivity contribution in [3.63, 3.8) is 0 Å². The van der Waals surface area contributed by atoms with E-state index < -0.39 is 0 Å². The molecule has 12 heavy (non-hydrogen) atoms. The number of hydrogen-bond donors (Lipinski definition) is 0. The molecule has 2 nitrogen and oxygen atoms in total. The summed E-state index contributed by atoms with van der Waals surface area (Å²) in [6.07, 6.45) is 1.66. The van der Waals surface area contributed by atoms with E-state index in [0.29, 0.717) is 16.8 Å². The molecule has 0 aromatic carbocycles. The zero-order valence-electron chi connectivity index (χ0n) is 6.47. The summed E-state index contributed by atoms with van der Waals surface area (Å²) < 4.78 is 5.24. The molecule has 4 heteroatoms. The first-order chi connectivity index (χ1) is 5.62. The standard InChI is InChI=1S/C8H7Cl2NO/c1-8(4-12-8)5-3-11-7(10)2-6(5)9/h2-3H,4H2,1H3. The van der Waals surface area contributed by atoms with Crippen LogP contribution in [-0.4, -0.2) is 11.6 Å². The first-order valence-corrected chi connectivity index (χ1v) is 4.33. The molecule has 2 heterocycles. The third-order valence-electron chi connectivity index (χ3n) is 1.97. The number of nitrogens with zero attached hydrogens (tertiary/aromatic N) is 1. The van der Waals surface area contributed by atoms with Crippen molar-refractivity contribution in [1.82, 2.24) is 4.98 Å². The highest BCUT2D eigenvalue weighted by Gasteiger charge is 2.43. The Labute approximate surface area is 80.5 Å². The molecule has 1 aliphatic heterocycles. The molecule has 1 aliphatic rings. The minimum atomic E-state index is -0.228. The zero-order chi connectivity index (χ0) is 8.77. The lowest BCUT2D eigenvalue weighted by molar-refractivity contribution is 0.329. The van der Waals surface area contributed by atoms with Crippen LogP contribution >= 0.6 is 23.2 Å². The summed E-state index contributed by atoms with van der Waals surface area (Å²) in [7, 11) is 0. The van der Waals surface area contributed by atoms with E-state index in [1.165, 1.54) is 0 Å². The van der Waals surface area contributed by atoms with E-state index in [4.69, 9.17) is 27.9 Å². The predicted molar refractivity (Wildman–Crippen MR) is 47.6 cm³/mol. The second kappa shape index (κ2) is 2.59. The number of ether oxygens (including phenoxy) is 1. The van der Waals surface area contributed by atoms with Crippen LogP contribution < -0.4 is 0 Å². The number of rotatable bonds is 1. The molecule has 0 spiro atoms. The van der Waals surface area contributed by atoms with Crippen LogP contribution in [0.3, 0.4) is 0 Å². The van der Waals surface area contributed by atoms with E-state index in [9.17, 15) is 0 Å². The van der Waals surface area contributed by atoms with Gasteiger partial charge < -0.3 is 4.74 Å². The van der Waals surface area contributed by atoms with Gasteiger partial charge in [0.15, 0.2) is 0 Å². The van der Waals surface area contributed by atoms with Gasteiger partial charge in [0, 0.05) is 11.8 Å². The lowest BCUT2D eigenvalue weighted by Gasteiger charge is -2.06. The molecule has 1 fully saturated rings. The molecule has 0 amide bonds. The monoisotopic (exact) mass is 203 g/mol. The molecule has 1 atom stereocenters. The van der Waals surface area contributed by atoms with Crippen molar-refractivity contribution in [3.05, 3.63) is 28.0 Å². The average molecular weight is 204 g/mol. The maximum atomic E-state index is 5.95. The second-order valence-corrected chi connectivity index (χ2v) is 3.80. The summed E-state index contributed by atoms with van der Waals surface area (Å²) in [6, 6.07) is 1.63. The number of hydrogen-bond acceptors (Lipinski definition) is 2. The maximum Gasteiger partial charge on any atom is 0.130 e. The number of epoxide rings is 1. The van der Waals surface area contributed by atoms with Crippen molar-refractivity contribution < 1.29 is 4.74 Å². The molecular formula is C8H7Cl2NO. The fraction of sp³-hybridized carbons (Fsp3) is 0.375. The number of halogens is 2. The largest absolute Gasteiger partial charge is 0.365 e. The lowest BCUT2D eigenvalue weighted by Crippen LogP contribution is -2.03. The van der Waals surface area contributed by atoms with Gasteiger partial charge in [-0.15, -0.1) is 0 Å². The molecule has 64 valence electrons. The summed E-state index contributed by atoms with van der Waals surface area (Å²) >= 11 is 11.6. The minimum Gasteiger partial charge on any atom is -0.365 e. The predicted octanol–water partition coefficient (Wildman–Crippen LogP) is 2.63. The fourth-order valence-corrected chi connectivity index (χ4v) is 1.63. The number of pyridine rings is 1. The van der Waals surface area contributed by atoms with Crippen molar-refractivity contribution in [1.29, 1.82) is 0 Å². The first kappa shape index (κ1) is 8.30. The van der Waals surface area contributed by atoms with Gasteiger partial charge in [0.05, 0.1) is 11.6 Å². The molecular weight excluding hydrogens is 197 g/mol. The summed E-state index contributed by atoms with van der Waals surface area (Å²) in [5.74, 6) is 0. The molecule has 1 unspecified atom stereocenters. The molecule has 0 saturated carbocycles. The van der Waals surface area contributed by atoms with Crippen LogP contribution in [0.25, 0.3) is 0 Å². The molecule has 0 radical (unpaired) electrons. The van der Waals surface area contributed by atoms with Crippen LogP contribution in [-0.2, 0) is 10.3 Å². The maximum absolute atomic E-state index is 5.95. The van der Waals surface area contributed by atoms with Gasteiger partial charge in [-0.05, 0) is 13.0 Å². The van der Waals surface area contributed by atoms with Crippen LogP contribution in [0.15, 0.2) is 12.3 Å². The third-order valence-corrected chi connectivity index (χ3v) is 2.49. The fourth-order valence-electron chi connectivity index (χ4n) is 1.06. The first-order valence-electron chi connectivity index (χ1n) is 3.57. The molecule has 0 aliphatic carbocycles. The van der Waals surface area contributed by atoms with E-state index in [-0.39, 0.29) is 5.60 Å². The molecule has 1 aromatic heterocycles. The van der Waals surface area contributed by atoms with Crippen LogP contribution in [0.4, 0.5) is 0 Å². The highest BCUT2D eigenvalue weighted by atomic mass is 35.5. The van der Waals surface area contributed by atoms with E-state index in [2.05, 4.69) is 4.98 Å². The zero-order valence-corrected chi connectivity index (χ0v) is 7.99. The Morgan fingerprint density at radius 3 is 2.75 bits per heavy atom. The van der Waals surface area contributed by atoms with Gasteiger partial charge in [0.25, 0.3) is 0 Å². The Morgan fingerprint density at radius 2 is 2.25 bits per heavy atom. The molecule has 2 rings (SSSR count). The van der Waals surface area contributed by atoms with Crippen molar-refractivity contribution >= 4 is 23.2 Å². The normalized spacial score (nSPS) is 27.2. The van der Waals surface area contributed by atoms with E-state index in [0.717, 1.165) is 5.56 Å². The van der Waals surface area contributed by atoms with Crippen LogP contribution in [0.2, 0.25) is 10.2 Å². The third kappa shape index (κ3) is 1.30. The van der Waals surface area contributed by atoms with Crippen molar-refractivity contribution in [2.24, 2.45) is 0 Å². The topological polar surface area (TPSA) is 25.4 Å². The summed E-state index contributed by atoms with van der Waals surface area (Å²) in [5.41, 5.74) is 0.683. The summed E-state index contributed by atoms with van der Waals surface area (Å²) in [5, 5.41) is 1.03. The number of aromatic nitrogens is 1. The summed E-state index contributed by atoms with van der Waals surface area (Å²) in [4.78, 5) is 3.95. The average Bonchev–Trinajstić information content (AvgIpc) is 2.68. The Hall–Kier alpha value is -0.310. The van der Waals surface area contributed by atoms with Gasteiger partial charge in [0.1, 0.15) is 10.8 Å². The van der Waals surface area contributed by atoms with Crippen LogP contribution in [0, 0.1) is 0 Å². The van der Waals surface area contributed by atoms with Crippen molar-refractivity contribution in [2.75, 3.05) is 6.61 Å². The van der Waals surface area contributed by atoms with Crippen LogP contribution in [0.5, 0.6) is 0 Å². The van der Waals surface area contributed by atoms with Crippen molar-refractivity contribution in [3.8, 4) is 0 Å². The van der Waals surface area contributed by atoms with Gasteiger partial charge in [-0.2, -0.15) is 0 Å². The SMILES string of the molecule is CC1(c2cnc(Cl)cc2Cl)CO1. The second-order valence-electron chi connectivity index (χ2n) is 3.01. The Bertz CT molecular complexity index is 323. The Balaban J connectivity index is 2.45. The van der Waals surface area contributed by atoms with Gasteiger partial charge in [-0.1, -0.05) is 23.2 Å². The van der Waals surface area contributed by atoms with E-state index in [1.807, 2.05) is 6.92 Å². The molecule has 1 saturated heterocycles. The van der Waals surface area contributed by atoms with Crippen molar-refractivity contribution in [2.45, 2.75) is 12.5 Å². The highest BCUT2D eigenvalue weighted by Crippen LogP contribution is 2.41.